The van der Waals surface area contributed by atoms with E-state index in [0.29, 0.717) is 11.5 Å². The average molecular weight is 294 g/mol. The van der Waals surface area contributed by atoms with Crippen molar-refractivity contribution in [3.05, 3.63) is 41.9 Å². The molecule has 0 atom stereocenters. The molecule has 0 aliphatic heterocycles. The van der Waals surface area contributed by atoms with E-state index in [-0.39, 0.29) is 11.6 Å². The summed E-state index contributed by atoms with van der Waals surface area (Å²) < 4.78 is 27.8. The van der Waals surface area contributed by atoms with Gasteiger partial charge in [-0.2, -0.15) is 4.31 Å². The molecule has 2 N–H and O–H groups in total. The van der Waals surface area contributed by atoms with Crippen LogP contribution in [0.1, 0.15) is 11.4 Å². The first kappa shape index (κ1) is 14.5. The van der Waals surface area contributed by atoms with Crippen LogP contribution >= 0.6 is 0 Å². The van der Waals surface area contributed by atoms with Crippen molar-refractivity contribution in [1.29, 1.82) is 0 Å². The summed E-state index contributed by atoms with van der Waals surface area (Å²) in [6, 6.07) is 7.21. The van der Waals surface area contributed by atoms with Gasteiger partial charge in [0.05, 0.1) is 0 Å². The fraction of sp³-hybridized carbons (Fsp3) is 0.308. The Morgan fingerprint density at radius 3 is 2.55 bits per heavy atom. The Balaban J connectivity index is 2.28. The molecule has 6 nitrogen and oxygen atoms in total. The van der Waals surface area contributed by atoms with Crippen molar-refractivity contribution in [2.75, 3.05) is 12.8 Å². The first-order chi connectivity index (χ1) is 9.32. The number of rotatable bonds is 4. The number of imidazole rings is 1. The topological polar surface area (TPSA) is 81.2 Å². The number of hydrogen-bond donors (Lipinski definition) is 1. The average Bonchev–Trinajstić information content (AvgIpc) is 2.73. The number of nitrogen functional groups attached to an aromatic ring is 1. The number of sulfonamides is 1. The number of aromatic nitrogens is 2. The van der Waals surface area contributed by atoms with Crippen LogP contribution in [0.25, 0.3) is 0 Å². The summed E-state index contributed by atoms with van der Waals surface area (Å²) >= 11 is 0. The number of nitrogens with two attached hydrogens (primary N) is 1. The molecule has 1 heterocycles. The van der Waals surface area contributed by atoms with Gasteiger partial charge in [-0.05, 0) is 18.6 Å². The molecule has 0 aliphatic carbocycles. The predicted octanol–water partition coefficient (Wildman–Crippen LogP) is 1.13. The second kappa shape index (κ2) is 5.26. The van der Waals surface area contributed by atoms with E-state index in [1.54, 1.807) is 24.6 Å². The van der Waals surface area contributed by atoms with Gasteiger partial charge in [0.25, 0.3) is 10.0 Å². The van der Waals surface area contributed by atoms with Crippen LogP contribution < -0.4 is 5.73 Å². The molecule has 0 saturated heterocycles. The van der Waals surface area contributed by atoms with Gasteiger partial charge in [0, 0.05) is 32.5 Å². The standard InChI is InChI=1S/C13H18N4O2S/c1-10-15-13(9-16(10)2)20(18,19)17(3)8-11-6-4-5-7-12(11)14/h4-7,9H,8,14H2,1-3H3. The lowest BCUT2D eigenvalue weighted by atomic mass is 10.2. The third-order valence-corrected chi connectivity index (χ3v) is 4.88. The lowest BCUT2D eigenvalue weighted by Crippen LogP contribution is -2.27. The molecule has 20 heavy (non-hydrogen) atoms. The SMILES string of the molecule is Cc1nc(S(=O)(=O)N(C)Cc2ccccc2N)cn1C. The van der Waals surface area contributed by atoms with Crippen LogP contribution in [0.2, 0.25) is 0 Å². The Morgan fingerprint density at radius 2 is 2.00 bits per heavy atom. The Labute approximate surface area is 118 Å². The minimum atomic E-state index is -3.61. The molecular formula is C13H18N4O2S. The minimum absolute atomic E-state index is 0.0505. The van der Waals surface area contributed by atoms with Crippen LogP contribution in [0, 0.1) is 6.92 Å². The number of benzene rings is 1. The highest BCUT2D eigenvalue weighted by atomic mass is 32.2. The van der Waals surface area contributed by atoms with Crippen LogP contribution in [0.4, 0.5) is 5.69 Å². The van der Waals surface area contributed by atoms with Gasteiger partial charge in [-0.1, -0.05) is 18.2 Å². The van der Waals surface area contributed by atoms with Crippen LogP contribution in [-0.4, -0.2) is 29.3 Å². The van der Waals surface area contributed by atoms with Gasteiger partial charge in [0.15, 0.2) is 5.03 Å². The molecule has 0 bridgehead atoms. The van der Waals surface area contributed by atoms with Crippen LogP contribution in [-0.2, 0) is 23.6 Å². The van der Waals surface area contributed by atoms with E-state index in [0.717, 1.165) is 5.56 Å². The molecule has 0 amide bonds. The van der Waals surface area contributed by atoms with Crippen molar-refractivity contribution in [2.24, 2.45) is 7.05 Å². The maximum Gasteiger partial charge on any atom is 0.262 e. The Hall–Kier alpha value is -1.86. The zero-order chi connectivity index (χ0) is 14.9. The van der Waals surface area contributed by atoms with Crippen LogP contribution in [0.3, 0.4) is 0 Å². The van der Waals surface area contributed by atoms with Crippen molar-refractivity contribution in [3.63, 3.8) is 0 Å². The number of hydrogen-bond acceptors (Lipinski definition) is 4. The normalized spacial score (nSPS) is 12.0. The summed E-state index contributed by atoms with van der Waals surface area (Å²) in [4.78, 5) is 4.07. The smallest absolute Gasteiger partial charge is 0.262 e. The zero-order valence-electron chi connectivity index (χ0n) is 11.7. The molecule has 1 aromatic carbocycles. The second-order valence-corrected chi connectivity index (χ2v) is 6.69. The zero-order valence-corrected chi connectivity index (χ0v) is 12.6. The molecule has 1 aromatic heterocycles. The van der Waals surface area contributed by atoms with Gasteiger partial charge in [0.2, 0.25) is 0 Å². The number of aryl methyl sites for hydroxylation is 2. The monoisotopic (exact) mass is 294 g/mol. The molecule has 0 spiro atoms. The Bertz CT molecular complexity index is 702. The highest BCUT2D eigenvalue weighted by Gasteiger charge is 2.24. The van der Waals surface area contributed by atoms with Gasteiger partial charge < -0.3 is 10.3 Å². The first-order valence-corrected chi connectivity index (χ1v) is 7.56. The molecule has 0 unspecified atom stereocenters. The van der Waals surface area contributed by atoms with Crippen molar-refractivity contribution < 1.29 is 8.42 Å². The highest BCUT2D eigenvalue weighted by molar-refractivity contribution is 7.89. The van der Waals surface area contributed by atoms with E-state index in [1.807, 2.05) is 18.2 Å². The van der Waals surface area contributed by atoms with E-state index in [9.17, 15) is 8.42 Å². The van der Waals surface area contributed by atoms with Crippen molar-refractivity contribution in [1.82, 2.24) is 13.9 Å². The van der Waals surface area contributed by atoms with E-state index < -0.39 is 10.0 Å². The van der Waals surface area contributed by atoms with E-state index in [2.05, 4.69) is 4.98 Å². The fourth-order valence-electron chi connectivity index (χ4n) is 1.81. The third-order valence-electron chi connectivity index (χ3n) is 3.21. The van der Waals surface area contributed by atoms with Crippen molar-refractivity contribution in [2.45, 2.75) is 18.5 Å². The lowest BCUT2D eigenvalue weighted by Gasteiger charge is -2.16. The fourth-order valence-corrected chi connectivity index (χ4v) is 2.98. The van der Waals surface area contributed by atoms with Gasteiger partial charge in [0.1, 0.15) is 5.82 Å². The molecule has 0 fully saturated rings. The summed E-state index contributed by atoms with van der Waals surface area (Å²) in [5.74, 6) is 0.649. The van der Waals surface area contributed by atoms with Crippen molar-refractivity contribution in [3.8, 4) is 0 Å². The van der Waals surface area contributed by atoms with Gasteiger partial charge in [-0.25, -0.2) is 13.4 Å². The van der Waals surface area contributed by atoms with E-state index in [4.69, 9.17) is 5.73 Å². The maximum absolute atomic E-state index is 12.4. The summed E-state index contributed by atoms with van der Waals surface area (Å²) in [6.45, 7) is 1.97. The molecule has 0 aliphatic rings. The largest absolute Gasteiger partial charge is 0.398 e. The quantitative estimate of drug-likeness (QED) is 0.857. The molecule has 0 saturated carbocycles. The lowest BCUT2D eigenvalue weighted by molar-refractivity contribution is 0.464. The van der Waals surface area contributed by atoms with E-state index >= 15 is 0 Å². The molecule has 2 aromatic rings. The number of para-hydroxylation sites is 1. The summed E-state index contributed by atoms with van der Waals surface area (Å²) in [6.07, 6.45) is 1.51. The summed E-state index contributed by atoms with van der Waals surface area (Å²) in [5.41, 5.74) is 7.18. The summed E-state index contributed by atoms with van der Waals surface area (Å²) in [7, 11) is -0.330. The predicted molar refractivity (Wildman–Crippen MR) is 77.5 cm³/mol. The summed E-state index contributed by atoms with van der Waals surface area (Å²) in [5, 5.41) is 0.0505. The molecular weight excluding hydrogens is 276 g/mol. The Kier molecular flexibility index (Phi) is 3.82. The van der Waals surface area contributed by atoms with Crippen LogP contribution in [0.15, 0.2) is 35.5 Å². The van der Waals surface area contributed by atoms with Crippen molar-refractivity contribution >= 4 is 15.7 Å². The van der Waals surface area contributed by atoms with Gasteiger partial charge in [-0.15, -0.1) is 0 Å². The Morgan fingerprint density at radius 1 is 1.35 bits per heavy atom. The molecule has 108 valence electrons. The number of anilines is 1. The van der Waals surface area contributed by atoms with Crippen LogP contribution in [0.5, 0.6) is 0 Å². The molecule has 7 heteroatoms. The highest BCUT2D eigenvalue weighted by Crippen LogP contribution is 2.18. The van der Waals surface area contributed by atoms with Gasteiger partial charge >= 0.3 is 0 Å². The first-order valence-electron chi connectivity index (χ1n) is 6.12. The maximum atomic E-state index is 12.4. The van der Waals surface area contributed by atoms with Gasteiger partial charge in [-0.3, -0.25) is 0 Å². The second-order valence-electron chi connectivity index (χ2n) is 4.70. The van der Waals surface area contributed by atoms with E-state index in [1.165, 1.54) is 17.5 Å². The number of nitrogens with zero attached hydrogens (tertiary/aromatic N) is 3. The molecule has 0 radical (unpaired) electrons. The third kappa shape index (κ3) is 2.68. The molecule has 2 rings (SSSR count). The minimum Gasteiger partial charge on any atom is -0.398 e.